The zero-order valence-electron chi connectivity index (χ0n) is 13.3. The third kappa shape index (κ3) is 4.86. The summed E-state index contributed by atoms with van der Waals surface area (Å²) < 4.78 is 0.721. The molecule has 0 aliphatic heterocycles. The van der Waals surface area contributed by atoms with Gasteiger partial charge in [-0.3, -0.25) is 10.1 Å². The third-order valence-corrected chi connectivity index (χ3v) is 6.28. The number of hydrogen-bond acceptors (Lipinski definition) is 8. The number of benzene rings is 1. The Hall–Kier alpha value is -1.39. The van der Waals surface area contributed by atoms with Gasteiger partial charge in [-0.15, -0.1) is 10.2 Å². The molecule has 3 aromatic rings. The molecule has 0 radical (unpaired) electrons. The van der Waals surface area contributed by atoms with Crippen molar-refractivity contribution in [3.63, 3.8) is 0 Å². The smallest absolute Gasteiger partial charge is 0.277 e. The Morgan fingerprint density at radius 2 is 2.04 bits per heavy atom. The summed E-state index contributed by atoms with van der Waals surface area (Å²) in [7, 11) is 0. The molecule has 6 nitrogen and oxygen atoms in total. The molecule has 0 bridgehead atoms. The standard InChI is InChI=1S/C15H11Cl2N5OS3/c1-24-13-18-6-10(17)11(19-13)12(23)20-14-21-22-15(26-14)25-7-8-4-2-3-5-9(8)16/h2-6H,7H2,1H3,(H,20,21,23). The second-order valence-electron chi connectivity index (χ2n) is 4.76. The highest BCUT2D eigenvalue weighted by Gasteiger charge is 2.16. The lowest BCUT2D eigenvalue weighted by Crippen LogP contribution is -2.15. The second kappa shape index (κ2) is 9.01. The molecule has 0 saturated heterocycles. The van der Waals surface area contributed by atoms with Gasteiger partial charge in [-0.25, -0.2) is 9.97 Å². The van der Waals surface area contributed by atoms with Crippen LogP contribution in [0.15, 0.2) is 40.0 Å². The van der Waals surface area contributed by atoms with Crippen LogP contribution in [0.1, 0.15) is 16.1 Å². The van der Waals surface area contributed by atoms with E-state index in [1.807, 2.05) is 30.5 Å². The molecule has 0 aliphatic carbocycles. The molecule has 2 heterocycles. The first kappa shape index (κ1) is 19.4. The van der Waals surface area contributed by atoms with E-state index < -0.39 is 5.91 Å². The topological polar surface area (TPSA) is 80.7 Å². The average molecular weight is 444 g/mol. The van der Waals surface area contributed by atoms with E-state index in [-0.39, 0.29) is 10.7 Å². The van der Waals surface area contributed by atoms with Crippen molar-refractivity contribution in [2.45, 2.75) is 15.2 Å². The monoisotopic (exact) mass is 443 g/mol. The van der Waals surface area contributed by atoms with E-state index in [0.717, 1.165) is 9.90 Å². The third-order valence-electron chi connectivity index (χ3n) is 3.06. The SMILES string of the molecule is CSc1ncc(Cl)c(C(=O)Nc2nnc(SCc3ccccc3Cl)s2)n1. The molecule has 0 aliphatic rings. The summed E-state index contributed by atoms with van der Waals surface area (Å²) in [6, 6.07) is 7.62. The van der Waals surface area contributed by atoms with Crippen molar-refractivity contribution in [1.82, 2.24) is 20.2 Å². The number of aromatic nitrogens is 4. The van der Waals surface area contributed by atoms with Gasteiger partial charge in [0.05, 0.1) is 11.2 Å². The van der Waals surface area contributed by atoms with Crippen LogP contribution in [0.5, 0.6) is 0 Å². The minimum atomic E-state index is -0.452. The van der Waals surface area contributed by atoms with Crippen molar-refractivity contribution in [2.75, 3.05) is 11.6 Å². The van der Waals surface area contributed by atoms with Gasteiger partial charge in [0.2, 0.25) is 5.13 Å². The molecule has 1 aromatic carbocycles. The highest BCUT2D eigenvalue weighted by atomic mass is 35.5. The molecule has 0 fully saturated rings. The molecular weight excluding hydrogens is 433 g/mol. The number of halogens is 2. The summed E-state index contributed by atoms with van der Waals surface area (Å²) in [6.45, 7) is 0. The minimum absolute atomic E-state index is 0.103. The summed E-state index contributed by atoms with van der Waals surface area (Å²) in [4.78, 5) is 20.5. The van der Waals surface area contributed by atoms with E-state index >= 15 is 0 Å². The van der Waals surface area contributed by atoms with Crippen molar-refractivity contribution in [2.24, 2.45) is 0 Å². The fraction of sp³-hybridized carbons (Fsp3) is 0.133. The molecule has 2 aromatic heterocycles. The van der Waals surface area contributed by atoms with Gasteiger partial charge in [-0.2, -0.15) is 0 Å². The van der Waals surface area contributed by atoms with Gasteiger partial charge in [0.1, 0.15) is 0 Å². The second-order valence-corrected chi connectivity index (χ2v) is 8.55. The summed E-state index contributed by atoms with van der Waals surface area (Å²) in [5, 5.41) is 12.4. The molecule has 1 amide bonds. The predicted molar refractivity (Wildman–Crippen MR) is 108 cm³/mol. The van der Waals surface area contributed by atoms with Crippen LogP contribution in [-0.4, -0.2) is 32.3 Å². The lowest BCUT2D eigenvalue weighted by atomic mass is 10.2. The van der Waals surface area contributed by atoms with E-state index in [2.05, 4.69) is 25.5 Å². The molecule has 1 N–H and O–H groups in total. The largest absolute Gasteiger partial charge is 0.295 e. The van der Waals surface area contributed by atoms with Crippen molar-refractivity contribution in [3.05, 3.63) is 51.8 Å². The molecule has 0 saturated carbocycles. The molecule has 0 unspecified atom stereocenters. The zero-order valence-corrected chi connectivity index (χ0v) is 17.2. The van der Waals surface area contributed by atoms with E-state index in [0.29, 0.717) is 21.1 Å². The summed E-state index contributed by atoms with van der Waals surface area (Å²) in [6.07, 6.45) is 3.22. The van der Waals surface area contributed by atoms with Gasteiger partial charge < -0.3 is 0 Å². The highest BCUT2D eigenvalue weighted by Crippen LogP contribution is 2.30. The molecule has 3 rings (SSSR count). The number of carbonyl (C=O) groups is 1. The number of hydrogen-bond donors (Lipinski definition) is 1. The lowest BCUT2D eigenvalue weighted by Gasteiger charge is -2.03. The highest BCUT2D eigenvalue weighted by molar-refractivity contribution is 8.00. The Morgan fingerprint density at radius 3 is 2.81 bits per heavy atom. The first-order chi connectivity index (χ1) is 12.6. The average Bonchev–Trinajstić information content (AvgIpc) is 3.08. The maximum absolute atomic E-state index is 12.4. The van der Waals surface area contributed by atoms with Gasteiger partial charge in [0.25, 0.3) is 5.91 Å². The Morgan fingerprint density at radius 1 is 1.23 bits per heavy atom. The molecule has 0 spiro atoms. The fourth-order valence-corrected chi connectivity index (χ4v) is 4.39. The summed E-state index contributed by atoms with van der Waals surface area (Å²) in [5.41, 5.74) is 1.11. The van der Waals surface area contributed by atoms with Gasteiger partial charge in [0, 0.05) is 10.8 Å². The van der Waals surface area contributed by atoms with Crippen molar-refractivity contribution in [3.8, 4) is 0 Å². The number of rotatable bonds is 6. The molecule has 0 atom stereocenters. The lowest BCUT2D eigenvalue weighted by molar-refractivity contribution is 0.102. The van der Waals surface area contributed by atoms with E-state index in [1.165, 1.54) is 41.1 Å². The Bertz CT molecular complexity index is 937. The van der Waals surface area contributed by atoms with Gasteiger partial charge >= 0.3 is 0 Å². The van der Waals surface area contributed by atoms with Crippen LogP contribution in [0.3, 0.4) is 0 Å². The van der Waals surface area contributed by atoms with Crippen LogP contribution in [0.4, 0.5) is 5.13 Å². The maximum atomic E-state index is 12.4. The number of nitrogens with one attached hydrogen (secondary N) is 1. The van der Waals surface area contributed by atoms with Crippen LogP contribution in [0.25, 0.3) is 0 Å². The van der Waals surface area contributed by atoms with E-state index in [4.69, 9.17) is 23.2 Å². The van der Waals surface area contributed by atoms with Crippen molar-refractivity contribution >= 4 is 69.1 Å². The summed E-state index contributed by atoms with van der Waals surface area (Å²) >= 11 is 16.2. The predicted octanol–water partition coefficient (Wildman–Crippen LogP) is 4.90. The summed E-state index contributed by atoms with van der Waals surface area (Å²) in [5.74, 6) is 0.211. The van der Waals surface area contributed by atoms with E-state index in [9.17, 15) is 4.79 Å². The van der Waals surface area contributed by atoms with Gasteiger partial charge in [0.15, 0.2) is 15.2 Å². The first-order valence-electron chi connectivity index (χ1n) is 7.14. The molecular formula is C15H11Cl2N5OS3. The molecule has 11 heteroatoms. The molecule has 26 heavy (non-hydrogen) atoms. The number of carbonyl (C=O) groups excluding carboxylic acids is 1. The Labute approximate surface area is 172 Å². The van der Waals surface area contributed by atoms with Crippen LogP contribution in [-0.2, 0) is 5.75 Å². The van der Waals surface area contributed by atoms with E-state index in [1.54, 1.807) is 0 Å². The van der Waals surface area contributed by atoms with Gasteiger partial charge in [-0.1, -0.05) is 76.3 Å². The Balaban J connectivity index is 1.65. The van der Waals surface area contributed by atoms with Crippen molar-refractivity contribution < 1.29 is 4.79 Å². The maximum Gasteiger partial charge on any atom is 0.277 e. The first-order valence-corrected chi connectivity index (χ1v) is 10.9. The molecule has 134 valence electrons. The number of nitrogens with zero attached hydrogens (tertiary/aromatic N) is 4. The number of thioether (sulfide) groups is 2. The van der Waals surface area contributed by atoms with Crippen LogP contribution >= 0.6 is 58.1 Å². The van der Waals surface area contributed by atoms with Crippen LogP contribution in [0, 0.1) is 0 Å². The Kier molecular flexibility index (Phi) is 6.71. The quantitative estimate of drug-likeness (QED) is 0.329. The van der Waals surface area contributed by atoms with Crippen molar-refractivity contribution in [1.29, 1.82) is 0 Å². The number of amides is 1. The van der Waals surface area contributed by atoms with Crippen LogP contribution in [0.2, 0.25) is 10.0 Å². The minimum Gasteiger partial charge on any atom is -0.295 e. The normalized spacial score (nSPS) is 10.7. The zero-order chi connectivity index (χ0) is 18.5. The van der Waals surface area contributed by atoms with Crippen LogP contribution < -0.4 is 5.32 Å². The number of anilines is 1. The van der Waals surface area contributed by atoms with Gasteiger partial charge in [-0.05, 0) is 17.9 Å². The fourth-order valence-electron chi connectivity index (χ4n) is 1.84.